The predicted octanol–water partition coefficient (Wildman–Crippen LogP) is 13.1. The van der Waals surface area contributed by atoms with Crippen molar-refractivity contribution in [1.29, 1.82) is 0 Å². The zero-order valence-corrected chi connectivity index (χ0v) is 48.6. The molecule has 6 aromatic rings. The monoisotopic (exact) mass is 1110 g/mol. The van der Waals surface area contributed by atoms with Crippen molar-refractivity contribution in [2.75, 3.05) is 5.32 Å². The number of aromatic nitrogens is 9. The second-order valence-corrected chi connectivity index (χ2v) is 33.5. The van der Waals surface area contributed by atoms with Gasteiger partial charge < -0.3 is 9.84 Å². The smallest absolute Gasteiger partial charge is 0.358 e. The molecule has 1 aliphatic rings. The standard InChI is InChI=1S/C35H40F4N6O2Si.C20H29BrN4Si/c1-21(2)48(22(3)4,23(5)6)13-10-29-26(20-45(7)43-29)15-31-40-18-27(19-41-31)24-8-9-25(28(36)14-24)16-33(46)42-32-17-30(47-44-32)34(11-12-34)35(37,38)39;1-14(2)26(15(3)4,16(5)6)9-8-19-17(13-25(7)24-19)10-20-22-11-18(21)12-23-20/h8-9,14,17-23H,11-12,15-16H2,1-7H3,(H,42,44,46);11-16H,10H2,1-7H3. The second kappa shape index (κ2) is 23.4. The Morgan fingerprint density at radius 1 is 0.703 bits per heavy atom. The van der Waals surface area contributed by atoms with E-state index >= 15 is 4.39 Å². The van der Waals surface area contributed by atoms with Crippen LogP contribution in [0.4, 0.5) is 23.4 Å². The van der Waals surface area contributed by atoms with Gasteiger partial charge in [0, 0.05) is 86.9 Å². The number of aryl methyl sites for hydroxylation is 2. The molecule has 0 radical (unpaired) electrons. The molecular formula is C55H69BrF4N10O2Si2. The van der Waals surface area contributed by atoms with Crippen molar-refractivity contribution in [2.24, 2.45) is 14.1 Å². The molecule has 0 aliphatic heterocycles. The number of hydrogen-bond donors (Lipinski definition) is 1. The molecule has 19 heteroatoms. The van der Waals surface area contributed by atoms with Gasteiger partial charge >= 0.3 is 6.18 Å². The summed E-state index contributed by atoms with van der Waals surface area (Å²) in [5.41, 5.74) is 13.6. The van der Waals surface area contributed by atoms with Crippen LogP contribution in [-0.2, 0) is 43.6 Å². The molecule has 394 valence electrons. The average Bonchev–Trinajstić information content (AvgIpc) is 3.72. The minimum Gasteiger partial charge on any atom is -0.358 e. The van der Waals surface area contributed by atoms with E-state index < -0.39 is 39.5 Å². The van der Waals surface area contributed by atoms with Crippen molar-refractivity contribution in [3.8, 4) is 34.1 Å². The van der Waals surface area contributed by atoms with Crippen LogP contribution in [0.5, 0.6) is 0 Å². The number of alkyl halides is 3. The fourth-order valence-electron chi connectivity index (χ4n) is 10.7. The van der Waals surface area contributed by atoms with E-state index in [1.807, 2.05) is 31.2 Å². The van der Waals surface area contributed by atoms with Crippen LogP contribution < -0.4 is 5.32 Å². The summed E-state index contributed by atoms with van der Waals surface area (Å²) in [6.45, 7) is 27.6. The summed E-state index contributed by atoms with van der Waals surface area (Å²) in [7, 11) is 0.0922. The Hall–Kier alpha value is -5.77. The van der Waals surface area contributed by atoms with E-state index in [1.165, 1.54) is 12.1 Å². The van der Waals surface area contributed by atoms with E-state index in [1.54, 1.807) is 35.5 Å². The molecule has 5 aromatic heterocycles. The van der Waals surface area contributed by atoms with Crippen molar-refractivity contribution in [3.05, 3.63) is 117 Å². The van der Waals surface area contributed by atoms with Gasteiger partial charge in [-0.15, -0.1) is 11.1 Å². The third-order valence-corrected chi connectivity index (χ3v) is 27.7. The van der Waals surface area contributed by atoms with E-state index in [0.717, 1.165) is 38.9 Å². The molecule has 5 heterocycles. The highest BCUT2D eigenvalue weighted by Crippen LogP contribution is 2.59. The first kappa shape index (κ1) is 57.5. The van der Waals surface area contributed by atoms with E-state index in [9.17, 15) is 18.0 Å². The molecule has 0 bridgehead atoms. The van der Waals surface area contributed by atoms with Crippen LogP contribution in [0.2, 0.25) is 33.2 Å². The number of halogens is 5. The predicted molar refractivity (Wildman–Crippen MR) is 291 cm³/mol. The van der Waals surface area contributed by atoms with Gasteiger partial charge in [-0.05, 0) is 79.2 Å². The van der Waals surface area contributed by atoms with Gasteiger partial charge in [-0.1, -0.05) is 112 Å². The van der Waals surface area contributed by atoms with Gasteiger partial charge in [0.1, 0.15) is 50.4 Å². The van der Waals surface area contributed by atoms with E-state index in [2.05, 4.69) is 163 Å². The molecular weight excluding hydrogens is 1040 g/mol. The minimum atomic E-state index is -4.47. The summed E-state index contributed by atoms with van der Waals surface area (Å²) in [5.74, 6) is 6.50. The number of nitrogens with one attached hydrogen (secondary N) is 1. The topological polar surface area (TPSA) is 142 Å². The molecule has 7 rings (SSSR count). The highest BCUT2D eigenvalue weighted by atomic mass is 79.9. The first-order chi connectivity index (χ1) is 34.7. The molecule has 0 unspecified atom stereocenters. The maximum atomic E-state index is 15.1. The van der Waals surface area contributed by atoms with Crippen LogP contribution in [0.1, 0.15) is 141 Å². The van der Waals surface area contributed by atoms with Crippen LogP contribution in [0.3, 0.4) is 0 Å². The first-order valence-corrected chi connectivity index (χ1v) is 30.5. The van der Waals surface area contributed by atoms with Crippen molar-refractivity contribution in [2.45, 2.75) is 160 Å². The number of nitrogens with zero attached hydrogens (tertiary/aromatic N) is 9. The van der Waals surface area contributed by atoms with Gasteiger partial charge in [-0.2, -0.15) is 23.4 Å². The maximum Gasteiger partial charge on any atom is 0.401 e. The molecule has 0 saturated heterocycles. The molecule has 1 aliphatic carbocycles. The van der Waals surface area contributed by atoms with Gasteiger partial charge in [0.05, 0.1) is 10.9 Å². The van der Waals surface area contributed by atoms with Gasteiger partial charge in [0.2, 0.25) is 5.91 Å². The molecule has 1 saturated carbocycles. The SMILES string of the molecule is CC(C)[Si](C#Cc1nn(C)cc1Cc1ncc(-c2ccc(CC(=O)Nc3cc(C4(C(F)(F)F)CC4)on3)c(F)c2)cn1)(C(C)C)C(C)C.CC(C)[Si](C#Cc1nn(C)cc1Cc1ncc(Br)cn1)(C(C)C)C(C)C. The Morgan fingerprint density at radius 3 is 1.55 bits per heavy atom. The summed E-state index contributed by atoms with van der Waals surface area (Å²) < 4.78 is 64.5. The summed E-state index contributed by atoms with van der Waals surface area (Å²) >= 11 is 3.38. The van der Waals surface area contributed by atoms with Crippen LogP contribution in [0.15, 0.2) is 70.4 Å². The van der Waals surface area contributed by atoms with Crippen molar-refractivity contribution < 1.29 is 26.9 Å². The Balaban J connectivity index is 0.000000289. The Labute approximate surface area is 443 Å². The zero-order valence-electron chi connectivity index (χ0n) is 45.0. The van der Waals surface area contributed by atoms with Crippen molar-refractivity contribution in [1.82, 2.24) is 44.7 Å². The first-order valence-electron chi connectivity index (χ1n) is 25.2. The van der Waals surface area contributed by atoms with Crippen LogP contribution >= 0.6 is 15.9 Å². The summed E-state index contributed by atoms with van der Waals surface area (Å²) in [5, 5.41) is 15.2. The Kier molecular flexibility index (Phi) is 18.2. The summed E-state index contributed by atoms with van der Waals surface area (Å²) in [6.07, 6.45) is 6.83. The lowest BCUT2D eigenvalue weighted by Crippen LogP contribution is -2.43. The maximum absolute atomic E-state index is 15.1. The number of carbonyl (C=O) groups is 1. The van der Waals surface area contributed by atoms with Crippen LogP contribution in [-0.4, -0.2) is 72.9 Å². The lowest BCUT2D eigenvalue weighted by Gasteiger charge is -2.38. The molecule has 1 fully saturated rings. The van der Waals surface area contributed by atoms with Crippen molar-refractivity contribution >= 4 is 43.8 Å². The van der Waals surface area contributed by atoms with Crippen molar-refractivity contribution in [3.63, 3.8) is 0 Å². The highest BCUT2D eigenvalue weighted by molar-refractivity contribution is 9.10. The quantitative estimate of drug-likeness (QED) is 0.0604. The highest BCUT2D eigenvalue weighted by Gasteiger charge is 2.67. The van der Waals surface area contributed by atoms with E-state index in [0.29, 0.717) is 63.0 Å². The normalized spacial score (nSPS) is 13.5. The lowest BCUT2D eigenvalue weighted by atomic mass is 10.0. The molecule has 12 nitrogen and oxygen atoms in total. The number of rotatable bonds is 15. The average molecular weight is 1110 g/mol. The minimum absolute atomic E-state index is 0.0948. The van der Waals surface area contributed by atoms with E-state index in [4.69, 9.17) is 4.52 Å². The van der Waals surface area contributed by atoms with E-state index in [-0.39, 0.29) is 36.4 Å². The summed E-state index contributed by atoms with van der Waals surface area (Å²) in [6, 6.07) is 5.49. The fourth-order valence-corrected chi connectivity index (χ4v) is 21.3. The van der Waals surface area contributed by atoms with Gasteiger partial charge in [0.25, 0.3) is 0 Å². The molecule has 74 heavy (non-hydrogen) atoms. The second-order valence-electron chi connectivity index (χ2n) is 21.4. The molecule has 0 atom stereocenters. The number of hydrogen-bond acceptors (Lipinski definition) is 9. The molecule has 0 spiro atoms. The Bertz CT molecular complexity index is 2980. The van der Waals surface area contributed by atoms with Crippen LogP contribution in [0.25, 0.3) is 11.1 Å². The van der Waals surface area contributed by atoms with Gasteiger partial charge in [0.15, 0.2) is 11.6 Å². The summed E-state index contributed by atoms with van der Waals surface area (Å²) in [4.78, 5) is 30.3. The lowest BCUT2D eigenvalue weighted by molar-refractivity contribution is -0.165. The fraction of sp³-hybridized carbons (Fsp3) is 0.491. The third-order valence-electron chi connectivity index (χ3n) is 14.7. The van der Waals surface area contributed by atoms with Gasteiger partial charge in [-0.3, -0.25) is 14.2 Å². The Morgan fingerprint density at radius 2 is 1.15 bits per heavy atom. The molecule has 1 amide bonds. The third kappa shape index (κ3) is 12.8. The molecule has 1 aromatic carbocycles. The molecule has 1 N–H and O–H groups in total. The largest absolute Gasteiger partial charge is 0.401 e. The van der Waals surface area contributed by atoms with Crippen LogP contribution in [0, 0.1) is 28.7 Å². The number of anilines is 1. The zero-order chi connectivity index (χ0) is 54.5. The number of amides is 1. The number of carbonyl (C=O) groups excluding carboxylic acids is 1. The number of benzene rings is 1. The van der Waals surface area contributed by atoms with Gasteiger partial charge in [-0.25, -0.2) is 24.3 Å².